The summed E-state index contributed by atoms with van der Waals surface area (Å²) in [5.41, 5.74) is 0. The summed E-state index contributed by atoms with van der Waals surface area (Å²) in [6.07, 6.45) is 1.83. The third kappa shape index (κ3) is 6.58. The Kier molecular flexibility index (Phi) is 7.45. The molecule has 1 aliphatic rings. The third-order valence-electron chi connectivity index (χ3n) is 1.69. The lowest BCUT2D eigenvalue weighted by Crippen LogP contribution is -2.07. The Morgan fingerprint density at radius 3 is 2.08 bits per heavy atom. The lowest BCUT2D eigenvalue weighted by atomic mass is 10.3. The van der Waals surface area contributed by atoms with Crippen LogP contribution in [-0.2, 0) is 14.2 Å². The van der Waals surface area contributed by atoms with Crippen LogP contribution in [0.5, 0.6) is 0 Å². The van der Waals surface area contributed by atoms with Gasteiger partial charge in [0.25, 0.3) is 0 Å². The fourth-order valence-corrected chi connectivity index (χ4v) is 0.699. The Labute approximate surface area is 75.0 Å². The molecule has 1 aliphatic heterocycles. The molecule has 1 atom stereocenters. The second-order valence-electron chi connectivity index (χ2n) is 3.01. The largest absolute Gasteiger partial charge is 0.382 e. The van der Waals surface area contributed by atoms with E-state index in [1.165, 1.54) is 0 Å². The molecule has 3 nitrogen and oxygen atoms in total. The number of hydrogen-bond acceptors (Lipinski definition) is 3. The summed E-state index contributed by atoms with van der Waals surface area (Å²) in [4.78, 5) is 0. The Balaban J connectivity index is 0.000000217. The van der Waals surface area contributed by atoms with Crippen LogP contribution in [0.1, 0.15) is 20.3 Å². The van der Waals surface area contributed by atoms with Crippen molar-refractivity contribution in [3.05, 3.63) is 0 Å². The highest BCUT2D eigenvalue weighted by molar-refractivity contribution is 4.60. The van der Waals surface area contributed by atoms with Gasteiger partial charge in [-0.3, -0.25) is 0 Å². The van der Waals surface area contributed by atoms with Crippen LogP contribution in [0, 0.1) is 0 Å². The van der Waals surface area contributed by atoms with E-state index in [0.29, 0.717) is 12.2 Å². The van der Waals surface area contributed by atoms with Crippen molar-refractivity contribution in [2.75, 3.05) is 27.4 Å². The summed E-state index contributed by atoms with van der Waals surface area (Å²) >= 11 is 0. The number of hydrogen-bond donors (Lipinski definition) is 0. The molecule has 0 saturated carbocycles. The number of ether oxygens (including phenoxy) is 3. The zero-order valence-corrected chi connectivity index (χ0v) is 8.50. The Hall–Kier alpha value is -0.120. The van der Waals surface area contributed by atoms with Gasteiger partial charge >= 0.3 is 0 Å². The normalized spacial score (nSPS) is 22.2. The zero-order valence-electron chi connectivity index (χ0n) is 8.50. The van der Waals surface area contributed by atoms with Gasteiger partial charge in [-0.1, -0.05) is 0 Å². The number of methoxy groups -OCH3 is 2. The van der Waals surface area contributed by atoms with E-state index < -0.39 is 0 Å². The van der Waals surface area contributed by atoms with Gasteiger partial charge in [-0.05, 0) is 20.3 Å². The van der Waals surface area contributed by atoms with Crippen molar-refractivity contribution >= 4 is 0 Å². The summed E-state index contributed by atoms with van der Waals surface area (Å²) < 4.78 is 14.8. The Bertz CT molecular complexity index is 87.8. The molecule has 0 bridgehead atoms. The van der Waals surface area contributed by atoms with Crippen molar-refractivity contribution in [3.63, 3.8) is 0 Å². The first kappa shape index (κ1) is 11.9. The molecule has 1 saturated heterocycles. The molecule has 0 spiro atoms. The summed E-state index contributed by atoms with van der Waals surface area (Å²) in [6, 6.07) is 0. The highest BCUT2D eigenvalue weighted by atomic mass is 16.5. The van der Waals surface area contributed by atoms with Gasteiger partial charge in [0.2, 0.25) is 0 Å². The van der Waals surface area contributed by atoms with Crippen molar-refractivity contribution in [3.8, 4) is 0 Å². The lowest BCUT2D eigenvalue weighted by Gasteiger charge is -2.00. The fraction of sp³-hybridized carbons (Fsp3) is 1.00. The van der Waals surface area contributed by atoms with Crippen molar-refractivity contribution < 1.29 is 14.2 Å². The molecule has 1 rings (SSSR count). The first-order chi connectivity index (χ1) is 5.70. The zero-order chi connectivity index (χ0) is 9.40. The summed E-state index contributed by atoms with van der Waals surface area (Å²) in [7, 11) is 3.42. The van der Waals surface area contributed by atoms with Crippen LogP contribution in [0.25, 0.3) is 0 Å². The van der Waals surface area contributed by atoms with E-state index in [1.807, 2.05) is 13.8 Å². The molecule has 0 aromatic heterocycles. The van der Waals surface area contributed by atoms with E-state index in [4.69, 9.17) is 14.2 Å². The minimum Gasteiger partial charge on any atom is -0.382 e. The number of rotatable bonds is 2. The molecular formula is C9H20O3. The highest BCUT2D eigenvalue weighted by Gasteiger charge is 2.12. The van der Waals surface area contributed by atoms with E-state index in [9.17, 15) is 0 Å². The van der Waals surface area contributed by atoms with Gasteiger partial charge in [0.15, 0.2) is 0 Å². The van der Waals surface area contributed by atoms with Crippen molar-refractivity contribution in [2.24, 2.45) is 0 Å². The highest BCUT2D eigenvalue weighted by Crippen LogP contribution is 2.05. The lowest BCUT2D eigenvalue weighted by molar-refractivity contribution is 0.0822. The maximum Gasteiger partial charge on any atom is 0.0826 e. The van der Waals surface area contributed by atoms with Crippen LogP contribution in [0.15, 0.2) is 0 Å². The van der Waals surface area contributed by atoms with E-state index >= 15 is 0 Å². The predicted molar refractivity (Wildman–Crippen MR) is 48.4 cm³/mol. The summed E-state index contributed by atoms with van der Waals surface area (Å²) in [6.45, 7) is 5.66. The first-order valence-electron chi connectivity index (χ1n) is 4.34. The van der Waals surface area contributed by atoms with Crippen LogP contribution in [-0.4, -0.2) is 39.6 Å². The molecule has 0 N–H and O–H groups in total. The van der Waals surface area contributed by atoms with Gasteiger partial charge in [0.05, 0.1) is 18.8 Å². The van der Waals surface area contributed by atoms with E-state index in [0.717, 1.165) is 19.6 Å². The monoisotopic (exact) mass is 176 g/mol. The maximum absolute atomic E-state index is 5.02. The van der Waals surface area contributed by atoms with Crippen molar-refractivity contribution in [1.82, 2.24) is 0 Å². The molecule has 0 amide bonds. The van der Waals surface area contributed by atoms with Gasteiger partial charge < -0.3 is 14.2 Å². The molecule has 12 heavy (non-hydrogen) atoms. The van der Waals surface area contributed by atoms with Crippen LogP contribution in [0.3, 0.4) is 0 Å². The van der Waals surface area contributed by atoms with E-state index in [1.54, 1.807) is 14.2 Å². The molecule has 0 aromatic carbocycles. The Morgan fingerprint density at radius 2 is 1.92 bits per heavy atom. The minimum atomic E-state index is 0.375. The van der Waals surface area contributed by atoms with E-state index in [2.05, 4.69) is 0 Å². The topological polar surface area (TPSA) is 27.7 Å². The molecular weight excluding hydrogens is 156 g/mol. The van der Waals surface area contributed by atoms with Gasteiger partial charge in [-0.15, -0.1) is 0 Å². The van der Waals surface area contributed by atoms with E-state index in [-0.39, 0.29) is 0 Å². The Morgan fingerprint density at radius 1 is 1.33 bits per heavy atom. The average molecular weight is 176 g/mol. The van der Waals surface area contributed by atoms with Crippen LogP contribution in [0.4, 0.5) is 0 Å². The molecule has 1 fully saturated rings. The van der Waals surface area contributed by atoms with Crippen molar-refractivity contribution in [1.29, 1.82) is 0 Å². The van der Waals surface area contributed by atoms with Gasteiger partial charge in [0, 0.05) is 20.8 Å². The summed E-state index contributed by atoms with van der Waals surface area (Å²) in [5.74, 6) is 0. The van der Waals surface area contributed by atoms with Gasteiger partial charge in [-0.2, -0.15) is 0 Å². The van der Waals surface area contributed by atoms with Gasteiger partial charge in [-0.25, -0.2) is 0 Å². The minimum absolute atomic E-state index is 0.375. The fourth-order valence-electron chi connectivity index (χ4n) is 0.699. The summed E-state index contributed by atoms with van der Waals surface area (Å²) in [5, 5.41) is 0. The SMILES string of the molecule is COC(C)C.COC1CCOC1. The second kappa shape index (κ2) is 7.53. The van der Waals surface area contributed by atoms with Crippen LogP contribution < -0.4 is 0 Å². The molecule has 74 valence electrons. The molecule has 0 radical (unpaired) electrons. The smallest absolute Gasteiger partial charge is 0.0826 e. The molecule has 0 aliphatic carbocycles. The molecule has 3 heteroatoms. The standard InChI is InChI=1S/C5H10O2.C4H10O/c1-6-5-2-3-7-4-5;1-4(2)5-3/h5H,2-4H2,1H3;4H,1-3H3. The predicted octanol–water partition coefficient (Wildman–Crippen LogP) is 1.46. The average Bonchev–Trinajstić information content (AvgIpc) is 2.57. The quantitative estimate of drug-likeness (QED) is 0.637. The molecule has 1 heterocycles. The molecule has 0 aromatic rings. The second-order valence-corrected chi connectivity index (χ2v) is 3.01. The first-order valence-corrected chi connectivity index (χ1v) is 4.34. The molecule has 1 unspecified atom stereocenters. The van der Waals surface area contributed by atoms with Crippen LogP contribution >= 0.6 is 0 Å². The van der Waals surface area contributed by atoms with Gasteiger partial charge in [0.1, 0.15) is 0 Å². The van der Waals surface area contributed by atoms with Crippen LogP contribution in [0.2, 0.25) is 0 Å². The third-order valence-corrected chi connectivity index (χ3v) is 1.69. The maximum atomic E-state index is 5.02. The van der Waals surface area contributed by atoms with Crippen molar-refractivity contribution in [2.45, 2.75) is 32.5 Å².